The van der Waals surface area contributed by atoms with Gasteiger partial charge in [-0.1, -0.05) is 146 Å². The summed E-state index contributed by atoms with van der Waals surface area (Å²) in [6, 6.07) is 66.9. The number of hydrogen-bond acceptors (Lipinski definition) is 3. The van der Waals surface area contributed by atoms with Crippen molar-refractivity contribution in [3.8, 4) is 39.5 Å². The molecule has 0 bridgehead atoms. The summed E-state index contributed by atoms with van der Waals surface area (Å²) in [6.45, 7) is 0. The molecule has 0 amide bonds. The number of rotatable bonds is 4. The number of furan rings is 1. The van der Waals surface area contributed by atoms with E-state index >= 15 is 0 Å². The summed E-state index contributed by atoms with van der Waals surface area (Å²) in [5.74, 6) is 0.659. The minimum atomic E-state index is 0.659. The van der Waals surface area contributed by atoms with E-state index < -0.39 is 0 Å². The second kappa shape index (κ2) is 12.0. The van der Waals surface area contributed by atoms with Crippen molar-refractivity contribution in [2.75, 3.05) is 0 Å². The molecule has 0 saturated heterocycles. The lowest BCUT2D eigenvalue weighted by molar-refractivity contribution is 0.667. The molecule has 3 aromatic heterocycles. The molecule has 0 aliphatic carbocycles. The molecule has 9 aromatic carbocycles. The van der Waals surface area contributed by atoms with Crippen molar-refractivity contribution < 1.29 is 4.42 Å². The van der Waals surface area contributed by atoms with E-state index in [9.17, 15) is 0 Å². The van der Waals surface area contributed by atoms with Crippen molar-refractivity contribution in [1.82, 2.24) is 14.5 Å². The largest absolute Gasteiger partial charge is 0.452 e. The fourth-order valence-corrected chi connectivity index (χ4v) is 8.63. The second-order valence-corrected chi connectivity index (χ2v) is 14.6. The Morgan fingerprint density at radius 2 is 1.07 bits per heavy atom. The molecular weight excluding hydrogens is 683 g/mol. The summed E-state index contributed by atoms with van der Waals surface area (Å²) >= 11 is 0. The van der Waals surface area contributed by atoms with E-state index in [1.807, 2.05) is 18.2 Å². The Balaban J connectivity index is 1.11. The predicted molar refractivity (Wildman–Crippen MR) is 232 cm³/mol. The maximum Gasteiger partial charge on any atom is 0.180 e. The number of benzene rings is 9. The Morgan fingerprint density at radius 3 is 1.93 bits per heavy atom. The first-order chi connectivity index (χ1) is 27.7. The lowest BCUT2D eigenvalue weighted by Gasteiger charge is -2.12. The Bertz CT molecular complexity index is 3540. The average molecular weight is 714 g/mol. The number of hydrogen-bond donors (Lipinski definition) is 0. The maximum absolute atomic E-state index is 6.74. The van der Waals surface area contributed by atoms with Gasteiger partial charge in [0.1, 0.15) is 16.8 Å². The van der Waals surface area contributed by atoms with Gasteiger partial charge in [-0.05, 0) is 80.5 Å². The summed E-state index contributed by atoms with van der Waals surface area (Å²) in [5, 5.41) is 10.7. The third-order valence-corrected chi connectivity index (χ3v) is 11.3. The molecule has 12 rings (SSSR count). The van der Waals surface area contributed by atoms with Gasteiger partial charge in [0.15, 0.2) is 11.4 Å². The summed E-state index contributed by atoms with van der Waals surface area (Å²) < 4.78 is 9.16. The molecule has 0 aliphatic heterocycles. The molecule has 56 heavy (non-hydrogen) atoms. The van der Waals surface area contributed by atoms with Gasteiger partial charge in [0.05, 0.1) is 11.0 Å². The Hall–Kier alpha value is -7.56. The van der Waals surface area contributed by atoms with Crippen LogP contribution in [0.2, 0.25) is 0 Å². The van der Waals surface area contributed by atoms with Crippen molar-refractivity contribution in [3.05, 3.63) is 188 Å². The Kier molecular flexibility index (Phi) is 6.60. The molecule has 0 atom stereocenters. The van der Waals surface area contributed by atoms with E-state index in [1.54, 1.807) is 0 Å². The fourth-order valence-electron chi connectivity index (χ4n) is 8.63. The van der Waals surface area contributed by atoms with Gasteiger partial charge in [0.25, 0.3) is 0 Å². The van der Waals surface area contributed by atoms with E-state index in [1.165, 1.54) is 48.6 Å². The normalized spacial score (nSPS) is 11.9. The molecule has 0 spiro atoms. The zero-order valence-corrected chi connectivity index (χ0v) is 30.1. The van der Waals surface area contributed by atoms with Crippen molar-refractivity contribution in [2.45, 2.75) is 0 Å². The topological polar surface area (TPSA) is 43.9 Å². The van der Waals surface area contributed by atoms with Gasteiger partial charge >= 0.3 is 0 Å². The molecular formula is C52H31N3O. The van der Waals surface area contributed by atoms with E-state index in [4.69, 9.17) is 14.4 Å². The zero-order valence-electron chi connectivity index (χ0n) is 30.1. The molecule has 0 fully saturated rings. The van der Waals surface area contributed by atoms with Crippen LogP contribution < -0.4 is 0 Å². The molecule has 0 radical (unpaired) electrons. The first kappa shape index (κ1) is 30.9. The highest BCUT2D eigenvalue weighted by Gasteiger charge is 2.21. The van der Waals surface area contributed by atoms with Crippen molar-refractivity contribution >= 4 is 76.2 Å². The summed E-state index contributed by atoms with van der Waals surface area (Å²) in [5.41, 5.74) is 10.6. The average Bonchev–Trinajstić information content (AvgIpc) is 3.80. The van der Waals surface area contributed by atoms with Crippen LogP contribution >= 0.6 is 0 Å². The molecule has 4 nitrogen and oxygen atoms in total. The van der Waals surface area contributed by atoms with Crippen LogP contribution in [0.3, 0.4) is 0 Å². The number of fused-ring (bicyclic) bond motifs is 10. The lowest BCUT2D eigenvalue weighted by atomic mass is 10.00. The van der Waals surface area contributed by atoms with Crippen molar-refractivity contribution in [1.29, 1.82) is 0 Å². The molecule has 260 valence electrons. The molecule has 4 heteroatoms. The molecule has 3 heterocycles. The Labute approximate surface area is 321 Å². The number of aromatic nitrogens is 3. The SMILES string of the molecule is c1ccc(-c2nc(-c3cccc(-n4c5cc6ccccc6cc5c5ccc6ccccc6c54)c3)c3oc4ccc(-c5ccc6ccccc6c5)cc4c3n2)cc1. The maximum atomic E-state index is 6.74. The van der Waals surface area contributed by atoms with E-state index in [2.05, 4.69) is 174 Å². The van der Waals surface area contributed by atoms with Gasteiger partial charge in [-0.25, -0.2) is 9.97 Å². The first-order valence-electron chi connectivity index (χ1n) is 19.0. The van der Waals surface area contributed by atoms with Gasteiger partial charge in [-0.3, -0.25) is 0 Å². The first-order valence-corrected chi connectivity index (χ1v) is 19.0. The minimum absolute atomic E-state index is 0.659. The van der Waals surface area contributed by atoms with Gasteiger partial charge in [0, 0.05) is 38.4 Å². The summed E-state index contributed by atoms with van der Waals surface area (Å²) in [6.07, 6.45) is 0. The highest BCUT2D eigenvalue weighted by molar-refractivity contribution is 6.21. The molecule has 0 saturated carbocycles. The van der Waals surface area contributed by atoms with Crippen LogP contribution in [0.25, 0.3) is 116 Å². The molecule has 0 N–H and O–H groups in total. The summed E-state index contributed by atoms with van der Waals surface area (Å²) in [4.78, 5) is 10.5. The Morgan fingerprint density at radius 1 is 0.393 bits per heavy atom. The van der Waals surface area contributed by atoms with Gasteiger partial charge in [-0.15, -0.1) is 0 Å². The third kappa shape index (κ3) is 4.73. The van der Waals surface area contributed by atoms with Crippen LogP contribution in [0.4, 0.5) is 0 Å². The highest BCUT2D eigenvalue weighted by Crippen LogP contribution is 2.41. The van der Waals surface area contributed by atoms with Crippen molar-refractivity contribution in [2.24, 2.45) is 0 Å². The second-order valence-electron chi connectivity index (χ2n) is 14.6. The highest BCUT2D eigenvalue weighted by atomic mass is 16.3. The van der Waals surface area contributed by atoms with E-state index in [0.717, 1.165) is 55.6 Å². The monoisotopic (exact) mass is 713 g/mol. The van der Waals surface area contributed by atoms with Gasteiger partial charge < -0.3 is 8.98 Å². The van der Waals surface area contributed by atoms with Crippen LogP contribution in [-0.4, -0.2) is 14.5 Å². The van der Waals surface area contributed by atoms with Crippen LogP contribution in [0.1, 0.15) is 0 Å². The minimum Gasteiger partial charge on any atom is -0.452 e. The quantitative estimate of drug-likeness (QED) is 0.182. The van der Waals surface area contributed by atoms with Crippen LogP contribution in [-0.2, 0) is 0 Å². The predicted octanol–water partition coefficient (Wildman–Crippen LogP) is 13.9. The van der Waals surface area contributed by atoms with E-state index in [0.29, 0.717) is 11.4 Å². The molecule has 12 aromatic rings. The standard InChI is InChI=1S/C52H31N3O/c1-2-13-34(14-3-1)52-53-48(51-49(54-52)45-30-39(24-26-47(45)56-51)38-22-21-32-11-4-5-15-35(32)27-38)40-18-10-19-41(28-40)55-46-31-37-17-7-6-16-36(37)29-44(46)43-25-23-33-12-8-9-20-42(33)50(43)55/h1-31H. The van der Waals surface area contributed by atoms with Crippen LogP contribution in [0, 0.1) is 0 Å². The molecule has 0 unspecified atom stereocenters. The number of nitrogens with zero attached hydrogens (tertiary/aromatic N) is 3. The van der Waals surface area contributed by atoms with Gasteiger partial charge in [-0.2, -0.15) is 0 Å². The molecule has 0 aliphatic rings. The zero-order chi connectivity index (χ0) is 36.7. The lowest BCUT2D eigenvalue weighted by Crippen LogP contribution is -1.97. The smallest absolute Gasteiger partial charge is 0.180 e. The van der Waals surface area contributed by atoms with Crippen LogP contribution in [0.5, 0.6) is 0 Å². The van der Waals surface area contributed by atoms with Gasteiger partial charge in [0.2, 0.25) is 0 Å². The van der Waals surface area contributed by atoms with Crippen molar-refractivity contribution in [3.63, 3.8) is 0 Å². The summed E-state index contributed by atoms with van der Waals surface area (Å²) in [7, 11) is 0. The van der Waals surface area contributed by atoms with Crippen LogP contribution in [0.15, 0.2) is 192 Å². The van der Waals surface area contributed by atoms with E-state index in [-0.39, 0.29) is 0 Å². The third-order valence-electron chi connectivity index (χ3n) is 11.3. The fraction of sp³-hybridized carbons (Fsp3) is 0.